The average Bonchev–Trinajstić information content (AvgIpc) is 1.64. The van der Waals surface area contributed by atoms with Crippen LogP contribution < -0.4 is 22.5 Å². The number of fused-ring (bicyclic) bond motifs is 6. The quantitative estimate of drug-likeness (QED) is 0.0710. The molecule has 4 fully saturated rings. The number of benzene rings is 3. The van der Waals surface area contributed by atoms with E-state index in [4.69, 9.17) is 76.4 Å². The first-order valence-corrected chi connectivity index (χ1v) is 39.6. The first-order valence-electron chi connectivity index (χ1n) is 38.4. The van der Waals surface area contributed by atoms with Gasteiger partial charge in [0.05, 0.1) is 114 Å². The molecule has 3 saturated heterocycles. The number of carbonyl (C=O) groups excluding carboxylic acids is 3. The Hall–Kier alpha value is -9.64. The standard InChI is InChI=1S/C30H36ClN7O.C27H31ClN6O3.C27H31ClN6O2.CH4/c1-36-19-33-18-26(36)27(32)25-16-20-6-5-11-34-28(20)29(23-10-9-21(31)17-24(23)25)37-12-14-38(15-13-37)30(39)35-22-7-3-2-4-8-22;1-27(2,36)37-26(35)34-11-9-33(10-12-34)25-19-7-6-18(28)14-20(19)21(13-17-5-4-8-31-24(17)25)23(29)22-15-30-16-32(22)3;1-17(2)36-27(35)34-11-9-33(10-12-34)26-20-7-6-19(28)14-21(20)22(13-18-5-4-8-31-25(18)26)24(29)23-15-30-16-32(23)3;/h5-6,9-11,16-19,22,27,29H,2-4,7-8,12-15,32H2,1H3,(H,35,39);4-8,13-16,23,25,36H,9-12,29H2,1-3H3;4-8,13-17,24,26H,9-12,29H2,1-3H3;1H4/t27?,29-;23?,25-;24?,26-;/m000./s1. The monoisotopic (exact) mass is 1590 g/mol. The Bertz CT molecular complexity index is 4980. The Balaban J connectivity index is 0.000000148. The van der Waals surface area contributed by atoms with Crippen LogP contribution in [-0.4, -0.2) is 193 Å². The van der Waals surface area contributed by atoms with E-state index >= 15 is 0 Å². The second kappa shape index (κ2) is 35.4. The molecule has 594 valence electrons. The fraction of sp³-hybridized carbons (Fsp3) is 0.400. The van der Waals surface area contributed by atoms with Gasteiger partial charge in [-0.05, 0) is 166 Å². The number of hydrogen-bond donors (Lipinski definition) is 5. The summed E-state index contributed by atoms with van der Waals surface area (Å²) >= 11 is 19.6. The van der Waals surface area contributed by atoms with E-state index in [1.54, 1.807) is 47.4 Å². The highest BCUT2D eigenvalue weighted by Gasteiger charge is 2.40. The van der Waals surface area contributed by atoms with Crippen LogP contribution in [-0.2, 0) is 30.6 Å². The largest absolute Gasteiger partial charge is 0.447 e. The third-order valence-corrected chi connectivity index (χ3v) is 22.9. The van der Waals surface area contributed by atoms with Crippen LogP contribution in [0.15, 0.2) is 147 Å². The van der Waals surface area contributed by atoms with E-state index in [9.17, 15) is 19.5 Å². The summed E-state index contributed by atoms with van der Waals surface area (Å²) in [6.07, 6.45) is 27.5. The number of ether oxygens (including phenoxy) is 2. The molecular formula is C85H102Cl3N19O6. The first kappa shape index (κ1) is 81.4. The molecule has 7 aliphatic rings. The first-order chi connectivity index (χ1) is 53.9. The van der Waals surface area contributed by atoms with E-state index in [1.165, 1.54) is 33.1 Å². The lowest BCUT2D eigenvalue weighted by Gasteiger charge is -2.40. The summed E-state index contributed by atoms with van der Waals surface area (Å²) < 4.78 is 16.4. The van der Waals surface area contributed by atoms with Crippen LogP contribution >= 0.6 is 34.8 Å². The number of aryl methyl sites for hydroxylation is 3. The lowest BCUT2D eigenvalue weighted by atomic mass is 9.90. The van der Waals surface area contributed by atoms with E-state index in [0.717, 1.165) is 127 Å². The minimum atomic E-state index is -1.52. The third-order valence-electron chi connectivity index (χ3n) is 22.2. The molecule has 9 aromatic rings. The summed E-state index contributed by atoms with van der Waals surface area (Å²) in [4.78, 5) is 77.9. The number of nitrogens with two attached hydrogens (primary N) is 3. The van der Waals surface area contributed by atoms with Gasteiger partial charge in [0.15, 0.2) is 0 Å². The number of halogens is 3. The van der Waals surface area contributed by atoms with E-state index in [1.807, 2.05) is 133 Å². The van der Waals surface area contributed by atoms with Crippen LogP contribution in [0.3, 0.4) is 0 Å². The van der Waals surface area contributed by atoms with E-state index in [2.05, 4.69) is 83.5 Å². The van der Waals surface area contributed by atoms with Gasteiger partial charge in [0, 0.05) is 153 Å². The molecule has 3 aliphatic heterocycles. The molecule has 16 rings (SSSR count). The number of aromatic nitrogens is 9. The molecule has 25 nitrogen and oxygen atoms in total. The van der Waals surface area contributed by atoms with Gasteiger partial charge in [0.25, 0.3) is 0 Å². The predicted octanol–water partition coefficient (Wildman–Crippen LogP) is 13.3. The summed E-state index contributed by atoms with van der Waals surface area (Å²) in [5.41, 5.74) is 38.4. The molecule has 3 aromatic carbocycles. The second-order valence-corrected chi connectivity index (χ2v) is 31.8. The molecule has 0 spiro atoms. The van der Waals surface area contributed by atoms with Crippen LogP contribution in [0.1, 0.15) is 188 Å². The Morgan fingerprint density at radius 2 is 0.832 bits per heavy atom. The van der Waals surface area contributed by atoms with Gasteiger partial charge in [-0.15, -0.1) is 0 Å². The van der Waals surface area contributed by atoms with Crippen molar-refractivity contribution in [2.75, 3.05) is 78.5 Å². The summed E-state index contributed by atoms with van der Waals surface area (Å²) in [5.74, 6) is -1.52. The number of amides is 4. The predicted molar refractivity (Wildman–Crippen MR) is 443 cm³/mol. The van der Waals surface area contributed by atoms with Crippen LogP contribution in [0.25, 0.3) is 34.9 Å². The maximum Gasteiger partial charge on any atom is 0.412 e. The highest BCUT2D eigenvalue weighted by atomic mass is 35.5. The molecule has 1 saturated carbocycles. The molecule has 0 bridgehead atoms. The molecule has 113 heavy (non-hydrogen) atoms. The Morgan fingerprint density at radius 1 is 0.496 bits per heavy atom. The number of aliphatic hydroxyl groups is 1. The van der Waals surface area contributed by atoms with Crippen LogP contribution in [0.4, 0.5) is 14.4 Å². The number of pyridine rings is 3. The summed E-state index contributed by atoms with van der Waals surface area (Å²) in [6.45, 7) is 14.2. The lowest BCUT2D eigenvalue weighted by Crippen LogP contribution is -2.54. The fourth-order valence-electron chi connectivity index (χ4n) is 16.5. The Labute approximate surface area is 676 Å². The van der Waals surface area contributed by atoms with Gasteiger partial charge in [0.2, 0.25) is 5.79 Å². The van der Waals surface area contributed by atoms with E-state index in [-0.39, 0.29) is 49.8 Å². The lowest BCUT2D eigenvalue weighted by molar-refractivity contribution is -0.140. The van der Waals surface area contributed by atoms with Gasteiger partial charge in [0.1, 0.15) is 0 Å². The van der Waals surface area contributed by atoms with Crippen molar-refractivity contribution in [3.05, 3.63) is 246 Å². The molecule has 6 aromatic heterocycles. The number of piperazine rings is 3. The highest BCUT2D eigenvalue weighted by molar-refractivity contribution is 6.31. The van der Waals surface area contributed by atoms with Crippen LogP contribution in [0.2, 0.25) is 15.1 Å². The number of urea groups is 1. The molecule has 28 heteroatoms. The van der Waals surface area contributed by atoms with Crippen molar-refractivity contribution in [2.24, 2.45) is 38.3 Å². The van der Waals surface area contributed by atoms with Crippen LogP contribution in [0.5, 0.6) is 0 Å². The highest BCUT2D eigenvalue weighted by Crippen LogP contribution is 2.48. The molecule has 4 amide bonds. The van der Waals surface area contributed by atoms with Gasteiger partial charge in [-0.3, -0.25) is 29.7 Å². The van der Waals surface area contributed by atoms with Gasteiger partial charge < -0.3 is 65.5 Å². The Morgan fingerprint density at radius 3 is 1.15 bits per heavy atom. The van der Waals surface area contributed by atoms with E-state index in [0.29, 0.717) is 86.6 Å². The molecule has 4 aliphatic carbocycles. The zero-order valence-corrected chi connectivity index (χ0v) is 66.6. The summed E-state index contributed by atoms with van der Waals surface area (Å²) in [6, 6.07) is 28.9. The summed E-state index contributed by atoms with van der Waals surface area (Å²) in [7, 11) is 5.83. The SMILES string of the molecule is C.CC(C)OC(=O)N1CCN([C@H]2c3ccc(Cl)cc3C(C(N)c3cncn3C)=Cc3cccnc32)CC1.Cn1cncc1C(N)C1=Cc2cccnc2[C@@H](N2CCN(C(=O)NC3CCCCC3)CC2)c2ccc(Cl)cc21.Cn1cncc1C(N)C1=Cc2cccnc2[C@@H](N2CCN(C(=O)OC(C)(C)O)CC2)c2ccc(Cl)cc21. The minimum Gasteiger partial charge on any atom is -0.447 e. The molecule has 6 atom stereocenters. The van der Waals surface area contributed by atoms with Gasteiger partial charge in [-0.25, -0.2) is 29.3 Å². The molecule has 3 unspecified atom stereocenters. The van der Waals surface area contributed by atoms with Crippen molar-refractivity contribution in [1.82, 2.24) is 78.3 Å². The number of imidazole rings is 3. The summed E-state index contributed by atoms with van der Waals surface area (Å²) in [5, 5.41) is 15.1. The average molecular weight is 1590 g/mol. The molecule has 9 heterocycles. The number of hydrogen-bond acceptors (Lipinski definition) is 18. The molecular weight excluding hydrogens is 1490 g/mol. The van der Waals surface area contributed by atoms with Crippen molar-refractivity contribution >= 4 is 88.0 Å². The van der Waals surface area contributed by atoms with E-state index < -0.39 is 24.0 Å². The fourth-order valence-corrected chi connectivity index (χ4v) is 17.0. The Kier molecular flexibility index (Phi) is 25.5. The number of carbonyl (C=O) groups is 3. The van der Waals surface area contributed by atoms with Crippen molar-refractivity contribution in [2.45, 2.75) is 121 Å². The smallest absolute Gasteiger partial charge is 0.412 e. The van der Waals surface area contributed by atoms with Crippen molar-refractivity contribution in [3.8, 4) is 0 Å². The van der Waals surface area contributed by atoms with Gasteiger partial charge in [-0.2, -0.15) is 0 Å². The van der Waals surface area contributed by atoms with Crippen LogP contribution in [0, 0.1) is 0 Å². The topological polar surface area (TPSA) is 292 Å². The third kappa shape index (κ3) is 18.0. The van der Waals surface area contributed by atoms with Gasteiger partial charge >= 0.3 is 18.2 Å². The normalized spacial score (nSPS) is 19.4. The maximum atomic E-state index is 13.0. The van der Waals surface area contributed by atoms with Crippen molar-refractivity contribution < 1.29 is 29.0 Å². The van der Waals surface area contributed by atoms with Crippen molar-refractivity contribution in [1.29, 1.82) is 0 Å². The maximum absolute atomic E-state index is 13.0. The molecule has 0 radical (unpaired) electrons. The number of rotatable bonds is 12. The van der Waals surface area contributed by atoms with Crippen molar-refractivity contribution in [3.63, 3.8) is 0 Å². The number of nitrogens with zero attached hydrogens (tertiary/aromatic N) is 15. The zero-order valence-electron chi connectivity index (χ0n) is 64.3. The van der Waals surface area contributed by atoms with Gasteiger partial charge in [-0.1, -0.05) is 97.9 Å². The second-order valence-electron chi connectivity index (χ2n) is 30.5. The minimum absolute atomic E-state index is 0. The number of nitrogens with one attached hydrogen (secondary N) is 1. The zero-order chi connectivity index (χ0) is 78.6. The molecule has 8 N–H and O–H groups in total.